The minimum absolute atomic E-state index is 0.370. The molecule has 1 unspecified atom stereocenters. The Balaban J connectivity index is 4.88. The summed E-state index contributed by atoms with van der Waals surface area (Å²) >= 11 is 23.9. The van der Waals surface area contributed by atoms with E-state index in [9.17, 15) is 0 Å². The van der Waals surface area contributed by atoms with Crippen LogP contribution in [0.15, 0.2) is 0 Å². The Morgan fingerprint density at radius 2 is 1.12 bits per heavy atom. The van der Waals surface area contributed by atoms with E-state index in [1.165, 1.54) is 0 Å². The lowest BCUT2D eigenvalue weighted by Gasteiger charge is -2.39. The first-order chi connectivity index (χ1) is 7.66. The Morgan fingerprint density at radius 1 is 0.706 bits per heavy atom. The molecule has 0 heterocycles. The fourth-order valence-corrected chi connectivity index (χ4v) is 17.1. The van der Waals surface area contributed by atoms with Crippen LogP contribution in [0.1, 0.15) is 0 Å². The maximum absolute atomic E-state index is 6.16. The molecule has 1 atom stereocenters. The Bertz CT molecular complexity index is 227. The highest BCUT2D eigenvalue weighted by Gasteiger charge is 2.45. The number of alkyl halides is 4. The molecule has 2 nitrogen and oxygen atoms in total. The monoisotopic (exact) mass is 372 g/mol. The van der Waals surface area contributed by atoms with E-state index in [4.69, 9.17) is 54.6 Å². The van der Waals surface area contributed by atoms with Crippen LogP contribution >= 0.6 is 46.4 Å². The molecular formula is C8H20Cl4O2Si3. The molecular weight excluding hydrogens is 354 g/mol. The predicted octanol–water partition coefficient (Wildman–Crippen LogP) is 3.98. The van der Waals surface area contributed by atoms with Gasteiger partial charge in [-0.05, 0) is 26.2 Å². The number of halogens is 4. The molecule has 0 aliphatic carbocycles. The first-order valence-corrected chi connectivity index (χ1v) is 15.9. The minimum atomic E-state index is -2.42. The van der Waals surface area contributed by atoms with Gasteiger partial charge in [0.25, 0.3) is 0 Å². The zero-order valence-electron chi connectivity index (χ0n) is 10.7. The molecule has 0 N–H and O–H groups in total. The molecule has 104 valence electrons. The predicted molar refractivity (Wildman–Crippen MR) is 85.8 cm³/mol. The average molecular weight is 374 g/mol. The van der Waals surface area contributed by atoms with Gasteiger partial charge in [-0.25, -0.2) is 0 Å². The molecule has 0 rings (SSSR count). The number of hydrogen-bond donors (Lipinski definition) is 0. The third-order valence-electron chi connectivity index (χ3n) is 1.93. The van der Waals surface area contributed by atoms with Gasteiger partial charge in [-0.1, -0.05) is 0 Å². The highest BCUT2D eigenvalue weighted by atomic mass is 35.5. The summed E-state index contributed by atoms with van der Waals surface area (Å²) < 4.78 is 12.3. The molecule has 0 radical (unpaired) electrons. The summed E-state index contributed by atoms with van der Waals surface area (Å²) in [7, 11) is -6.43. The zero-order chi connectivity index (χ0) is 13.7. The molecule has 0 aliphatic heterocycles. The molecule has 0 aromatic heterocycles. The van der Waals surface area contributed by atoms with Crippen LogP contribution in [0, 0.1) is 0 Å². The van der Waals surface area contributed by atoms with E-state index in [2.05, 4.69) is 19.6 Å². The zero-order valence-corrected chi connectivity index (χ0v) is 16.7. The standard InChI is InChI=1S/C8H20Cl4O2Si3/c1-15(2,3)13-16(4,5-9)14-17(6-10,7-11)8-12/h5-8H2,1-4H3. The van der Waals surface area contributed by atoms with E-state index < -0.39 is 25.2 Å². The Kier molecular flexibility index (Phi) is 8.26. The first-order valence-electron chi connectivity index (χ1n) is 5.30. The van der Waals surface area contributed by atoms with E-state index in [0.717, 1.165) is 0 Å². The maximum Gasteiger partial charge on any atom is 0.329 e. The van der Waals surface area contributed by atoms with Crippen molar-refractivity contribution in [1.82, 2.24) is 0 Å². The summed E-state index contributed by atoms with van der Waals surface area (Å²) in [5, 5.41) is 0. The SMILES string of the molecule is C[Si](C)(C)O[Si](C)(CCl)O[Si](CCl)(CCl)CCl. The van der Waals surface area contributed by atoms with Gasteiger partial charge in [0, 0.05) is 16.5 Å². The normalized spacial score (nSPS) is 16.9. The van der Waals surface area contributed by atoms with Crippen molar-refractivity contribution in [3.63, 3.8) is 0 Å². The van der Waals surface area contributed by atoms with Crippen LogP contribution in [-0.4, -0.2) is 47.2 Å². The molecule has 17 heavy (non-hydrogen) atoms. The molecule has 0 saturated heterocycles. The van der Waals surface area contributed by atoms with E-state index >= 15 is 0 Å². The van der Waals surface area contributed by atoms with Crippen molar-refractivity contribution in [1.29, 1.82) is 0 Å². The van der Waals surface area contributed by atoms with Crippen LogP contribution in [0.25, 0.3) is 0 Å². The van der Waals surface area contributed by atoms with Gasteiger partial charge in [-0.15, -0.1) is 46.4 Å². The second-order valence-electron chi connectivity index (χ2n) is 5.17. The van der Waals surface area contributed by atoms with E-state index in [1.54, 1.807) is 0 Å². The summed E-state index contributed by atoms with van der Waals surface area (Å²) in [6.07, 6.45) is 0. The highest BCUT2D eigenvalue weighted by Crippen LogP contribution is 2.24. The van der Waals surface area contributed by atoms with Gasteiger partial charge in [0.15, 0.2) is 8.32 Å². The lowest BCUT2D eigenvalue weighted by molar-refractivity contribution is 0.391. The van der Waals surface area contributed by atoms with Crippen molar-refractivity contribution < 1.29 is 8.23 Å². The van der Waals surface area contributed by atoms with Crippen molar-refractivity contribution >= 4 is 71.6 Å². The lowest BCUT2D eigenvalue weighted by Crippen LogP contribution is -2.60. The largest absolute Gasteiger partial charge is 0.436 e. The van der Waals surface area contributed by atoms with E-state index in [1.807, 2.05) is 6.55 Å². The summed E-state index contributed by atoms with van der Waals surface area (Å²) in [5.41, 5.74) is 1.48. The maximum atomic E-state index is 6.16. The van der Waals surface area contributed by atoms with Crippen LogP contribution < -0.4 is 0 Å². The van der Waals surface area contributed by atoms with E-state index in [-0.39, 0.29) is 0 Å². The molecule has 0 spiro atoms. The second kappa shape index (κ2) is 7.50. The summed E-state index contributed by atoms with van der Waals surface area (Å²) in [6.45, 7) is 8.30. The topological polar surface area (TPSA) is 18.5 Å². The van der Waals surface area contributed by atoms with Crippen LogP contribution in [0.4, 0.5) is 0 Å². The van der Waals surface area contributed by atoms with Gasteiger partial charge in [-0.2, -0.15) is 0 Å². The molecule has 0 aromatic carbocycles. The minimum Gasteiger partial charge on any atom is -0.436 e. The molecule has 0 aromatic rings. The van der Waals surface area contributed by atoms with Gasteiger partial charge < -0.3 is 8.23 Å². The fraction of sp³-hybridized carbons (Fsp3) is 1.00. The Labute approximate surface area is 127 Å². The fourth-order valence-electron chi connectivity index (χ4n) is 1.37. The average Bonchev–Trinajstić information content (AvgIpc) is 2.24. The Morgan fingerprint density at radius 3 is 1.35 bits per heavy atom. The van der Waals surface area contributed by atoms with Crippen LogP contribution in [-0.2, 0) is 8.23 Å². The van der Waals surface area contributed by atoms with Gasteiger partial charge in [0.2, 0.25) is 8.32 Å². The van der Waals surface area contributed by atoms with Crippen LogP contribution in [0.3, 0.4) is 0 Å². The highest BCUT2D eigenvalue weighted by molar-refractivity contribution is 6.96. The molecule has 0 saturated carbocycles. The smallest absolute Gasteiger partial charge is 0.329 e. The molecule has 0 aliphatic rings. The molecule has 0 bridgehead atoms. The quantitative estimate of drug-likeness (QED) is 0.473. The van der Waals surface area contributed by atoms with Crippen molar-refractivity contribution in [2.45, 2.75) is 26.2 Å². The van der Waals surface area contributed by atoms with Crippen molar-refractivity contribution in [3.8, 4) is 0 Å². The van der Waals surface area contributed by atoms with Gasteiger partial charge in [-0.3, -0.25) is 0 Å². The van der Waals surface area contributed by atoms with Crippen molar-refractivity contribution in [2.24, 2.45) is 0 Å². The lowest BCUT2D eigenvalue weighted by atomic mass is 11.8. The van der Waals surface area contributed by atoms with Gasteiger partial charge in [0.05, 0.1) is 5.50 Å². The number of rotatable bonds is 8. The van der Waals surface area contributed by atoms with Crippen LogP contribution in [0.2, 0.25) is 26.2 Å². The van der Waals surface area contributed by atoms with Crippen molar-refractivity contribution in [2.75, 3.05) is 22.0 Å². The third-order valence-corrected chi connectivity index (χ3v) is 17.4. The third kappa shape index (κ3) is 6.63. The van der Waals surface area contributed by atoms with Crippen molar-refractivity contribution in [3.05, 3.63) is 0 Å². The Hall–Kier alpha value is 1.73. The van der Waals surface area contributed by atoms with E-state index in [0.29, 0.717) is 22.0 Å². The summed E-state index contributed by atoms with van der Waals surface area (Å²) in [4.78, 5) is 0. The summed E-state index contributed by atoms with van der Waals surface area (Å²) in [5.74, 6) is 0. The summed E-state index contributed by atoms with van der Waals surface area (Å²) in [6, 6.07) is 0. The molecule has 0 fully saturated rings. The second-order valence-corrected chi connectivity index (χ2v) is 19.9. The van der Waals surface area contributed by atoms with Gasteiger partial charge >= 0.3 is 8.56 Å². The molecule has 9 heteroatoms. The van der Waals surface area contributed by atoms with Gasteiger partial charge in [0.1, 0.15) is 0 Å². The van der Waals surface area contributed by atoms with Crippen LogP contribution in [0.5, 0.6) is 0 Å². The first kappa shape index (κ1) is 18.7. The number of hydrogen-bond acceptors (Lipinski definition) is 2. The molecule has 0 amide bonds.